The molecule has 44 heavy (non-hydrogen) atoms. The summed E-state index contributed by atoms with van der Waals surface area (Å²) < 4.78 is 46.2. The number of methoxy groups -OCH3 is 1. The van der Waals surface area contributed by atoms with E-state index in [9.17, 15) is 18.0 Å². The fraction of sp³-hybridized carbons (Fsp3) is 0.250. The molecule has 232 valence electrons. The number of carbonyl (C=O) groups excluding carboxylic acids is 2. The van der Waals surface area contributed by atoms with Crippen molar-refractivity contribution in [1.82, 2.24) is 14.9 Å². The molecule has 1 fully saturated rings. The summed E-state index contributed by atoms with van der Waals surface area (Å²) in [5.74, 6) is 1.43. The van der Waals surface area contributed by atoms with Gasteiger partial charge in [0.25, 0.3) is 0 Å². The molecule has 3 amide bonds. The van der Waals surface area contributed by atoms with Gasteiger partial charge in [0.1, 0.15) is 0 Å². The molecule has 2 aliphatic rings. The van der Waals surface area contributed by atoms with Crippen molar-refractivity contribution in [3.8, 4) is 0 Å². The summed E-state index contributed by atoms with van der Waals surface area (Å²) in [6.45, 7) is -2.54. The molecule has 0 N–H and O–H groups in total. The zero-order chi connectivity index (χ0) is 31.6. The number of benzene rings is 3. The van der Waals surface area contributed by atoms with Crippen LogP contribution in [0, 0.1) is 0 Å². The van der Waals surface area contributed by atoms with Gasteiger partial charge in [-0.3, -0.25) is 0 Å². The second kappa shape index (κ2) is 12.3. The van der Waals surface area contributed by atoms with E-state index >= 15 is 0 Å². The van der Waals surface area contributed by atoms with Gasteiger partial charge in [-0.15, -0.1) is 0 Å². The number of hydroxylamine groups is 2. The normalized spacial score (nSPS) is 19.5. The predicted molar refractivity (Wildman–Crippen MR) is 171 cm³/mol. The van der Waals surface area contributed by atoms with Gasteiger partial charge in [0.05, 0.1) is 0 Å². The summed E-state index contributed by atoms with van der Waals surface area (Å²) in [5.41, 5.74) is 0.231. The third kappa shape index (κ3) is 5.25. The molecule has 3 aromatic rings. The third-order valence-electron chi connectivity index (χ3n) is 7.87. The van der Waals surface area contributed by atoms with E-state index in [1.165, 1.54) is 16.9 Å². The monoisotopic (exact) mass is 637 g/mol. The van der Waals surface area contributed by atoms with Gasteiger partial charge in [0.15, 0.2) is 0 Å². The summed E-state index contributed by atoms with van der Waals surface area (Å²) in [6.07, 6.45) is 3.40. The molecule has 5 rings (SSSR count). The predicted octanol–water partition coefficient (Wildman–Crippen LogP) is 3.31. The minimum absolute atomic E-state index is 0.0440. The van der Waals surface area contributed by atoms with Crippen molar-refractivity contribution >= 4 is 45.1 Å². The molecular weight excluding hydrogens is 601 g/mol. The van der Waals surface area contributed by atoms with Crippen LogP contribution in [-0.4, -0.2) is 81.7 Å². The molecule has 1 saturated heterocycles. The Morgan fingerprint density at radius 1 is 0.932 bits per heavy atom. The van der Waals surface area contributed by atoms with Gasteiger partial charge in [-0.1, -0.05) is 0 Å². The van der Waals surface area contributed by atoms with Crippen LogP contribution in [0.5, 0.6) is 0 Å². The van der Waals surface area contributed by atoms with Crippen molar-refractivity contribution in [2.45, 2.75) is 19.0 Å². The molecule has 2 heterocycles. The Morgan fingerprint density at radius 3 is 1.86 bits per heavy atom. The minimum atomic E-state index is -5.02. The van der Waals surface area contributed by atoms with E-state index in [0.717, 1.165) is 5.06 Å². The van der Waals surface area contributed by atoms with Crippen LogP contribution in [0.25, 0.3) is 0 Å². The Hall–Kier alpha value is -3.86. The van der Waals surface area contributed by atoms with E-state index in [-0.39, 0.29) is 24.6 Å². The molecule has 0 radical (unpaired) electrons. The second-order valence-corrected chi connectivity index (χ2v) is 16.4. The Balaban J connectivity index is 1.68. The van der Waals surface area contributed by atoms with Crippen molar-refractivity contribution in [2.75, 3.05) is 34.4 Å². The van der Waals surface area contributed by atoms with Crippen LogP contribution in [-0.2, 0) is 28.2 Å². The Bertz CT molecular complexity index is 1580. The number of nitrogens with zero attached hydrogens (tertiary/aromatic N) is 3. The SMILES string of the molecule is C/C=C/P(OS(=O)(=O)ON1C(=O)N2C[C@H]1C(C(=O)N(C)C)=C[C@H]2COC)(c1ccccc1)(c1ccccc1)c1ccccc1. The van der Waals surface area contributed by atoms with Crippen molar-refractivity contribution in [3.63, 3.8) is 0 Å². The van der Waals surface area contributed by atoms with E-state index in [1.807, 2.05) is 91.0 Å². The van der Waals surface area contributed by atoms with Gasteiger partial charge >= 0.3 is 259 Å². The van der Waals surface area contributed by atoms with E-state index < -0.39 is 35.3 Å². The zero-order valence-electron chi connectivity index (χ0n) is 25.0. The summed E-state index contributed by atoms with van der Waals surface area (Å²) in [6, 6.07) is 25.2. The van der Waals surface area contributed by atoms with E-state index in [4.69, 9.17) is 13.0 Å². The fourth-order valence-electron chi connectivity index (χ4n) is 5.99. The van der Waals surface area contributed by atoms with Gasteiger partial charge in [0, 0.05) is 0 Å². The van der Waals surface area contributed by atoms with Crippen LogP contribution in [0.3, 0.4) is 0 Å². The van der Waals surface area contributed by atoms with E-state index in [1.54, 1.807) is 39.0 Å². The Kier molecular flexibility index (Phi) is 8.80. The first-order valence-corrected chi connectivity index (χ1v) is 17.6. The average Bonchev–Trinajstić information content (AvgIpc) is 3.29. The van der Waals surface area contributed by atoms with Crippen molar-refractivity contribution in [1.29, 1.82) is 0 Å². The van der Waals surface area contributed by atoms with Gasteiger partial charge in [-0.05, 0) is 0 Å². The van der Waals surface area contributed by atoms with Crippen molar-refractivity contribution < 1.29 is 31.0 Å². The first-order valence-electron chi connectivity index (χ1n) is 14.1. The number of rotatable bonds is 11. The summed E-state index contributed by atoms with van der Waals surface area (Å²) in [5, 5.41) is 2.57. The molecule has 0 aromatic heterocycles. The van der Waals surface area contributed by atoms with Crippen molar-refractivity contribution in [2.24, 2.45) is 0 Å². The fourth-order valence-corrected chi connectivity index (χ4v) is 13.5. The number of allylic oxidation sites excluding steroid dienone is 1. The van der Waals surface area contributed by atoms with Crippen LogP contribution >= 0.6 is 6.83 Å². The zero-order valence-corrected chi connectivity index (χ0v) is 26.7. The number of urea groups is 1. The second-order valence-electron chi connectivity index (χ2n) is 10.8. The molecule has 2 aliphatic heterocycles. The molecule has 0 aliphatic carbocycles. The maximum absolute atomic E-state index is 14.4. The summed E-state index contributed by atoms with van der Waals surface area (Å²) >= 11 is 0. The topological polar surface area (TPSA) is 106 Å². The molecule has 12 heteroatoms. The van der Waals surface area contributed by atoms with Gasteiger partial charge in [-0.25, -0.2) is 0 Å². The molecular formula is C32H36N3O7PS. The standard InChI is InChI=1S/C32H36N3O7PS/c1-5-21-43(26-15-9-6-10-16-26,27-17-11-7-12-18-27,28-19-13-8-14-20-28)42-44(38,39)41-35-30-23-34(32(35)37)25(24-40-4)22-29(30)31(36)33(2)3/h5-22,25,30H,23-24H2,1-4H3/b21-5+/t25-,30-/m0/s1. The van der Waals surface area contributed by atoms with Crippen LogP contribution < -0.4 is 15.9 Å². The van der Waals surface area contributed by atoms with Gasteiger partial charge in [0.2, 0.25) is 0 Å². The number of carbonyl (C=O) groups is 2. The molecule has 2 atom stereocenters. The van der Waals surface area contributed by atoms with Crippen LogP contribution in [0.4, 0.5) is 4.79 Å². The Labute approximate surface area is 258 Å². The van der Waals surface area contributed by atoms with Crippen LogP contribution in [0.15, 0.2) is 115 Å². The third-order valence-corrected chi connectivity index (χ3v) is 15.0. The average molecular weight is 638 g/mol. The van der Waals surface area contributed by atoms with Gasteiger partial charge < -0.3 is 0 Å². The molecule has 10 nitrogen and oxygen atoms in total. The first kappa shape index (κ1) is 31.6. The molecule has 0 unspecified atom stereocenters. The number of hydrogen-bond acceptors (Lipinski definition) is 7. The number of ether oxygens (including phenoxy) is 1. The van der Waals surface area contributed by atoms with Gasteiger partial charge in [-0.2, -0.15) is 0 Å². The molecule has 0 spiro atoms. The van der Waals surface area contributed by atoms with Crippen molar-refractivity contribution in [3.05, 3.63) is 115 Å². The first-order chi connectivity index (χ1) is 21.1. The molecule has 3 aromatic carbocycles. The Morgan fingerprint density at radius 2 is 1.43 bits per heavy atom. The number of likely N-dealkylation sites (N-methyl/N-ethyl adjacent to an activating group) is 1. The van der Waals surface area contributed by atoms with Crippen LogP contribution in [0.1, 0.15) is 6.92 Å². The summed E-state index contributed by atoms with van der Waals surface area (Å²) in [4.78, 5) is 29.6. The quantitative estimate of drug-likeness (QED) is 0.297. The number of amides is 3. The summed E-state index contributed by atoms with van der Waals surface area (Å²) in [7, 11) is -0.357. The molecule has 0 saturated carbocycles. The molecule has 2 bridgehead atoms. The number of hydrogen-bond donors (Lipinski definition) is 0. The maximum atomic E-state index is 14.4. The van der Waals surface area contributed by atoms with E-state index in [0.29, 0.717) is 15.9 Å². The number of fused-ring (bicyclic) bond motifs is 2. The van der Waals surface area contributed by atoms with Crippen LogP contribution in [0.2, 0.25) is 0 Å². The van der Waals surface area contributed by atoms with E-state index in [2.05, 4.69) is 0 Å².